The van der Waals surface area contributed by atoms with Crippen LogP contribution in [0.25, 0.3) is 21.9 Å². The van der Waals surface area contributed by atoms with Crippen molar-refractivity contribution in [3.63, 3.8) is 0 Å². The molecule has 0 fully saturated rings. The number of benzene rings is 3. The summed E-state index contributed by atoms with van der Waals surface area (Å²) in [5, 5.41) is 2.08. The highest BCUT2D eigenvalue weighted by Gasteiger charge is 2.16. The summed E-state index contributed by atoms with van der Waals surface area (Å²) in [5.41, 5.74) is 5.76. The first-order chi connectivity index (χ1) is 15.0. The quantitative estimate of drug-likeness (QED) is 0.468. The van der Waals surface area contributed by atoms with Crippen molar-refractivity contribution in [1.29, 1.82) is 0 Å². The van der Waals surface area contributed by atoms with Gasteiger partial charge in [0.25, 0.3) is 5.91 Å². The number of carbonyl (C=O) groups excluding carboxylic acids is 2. The third-order valence-electron chi connectivity index (χ3n) is 4.86. The molecule has 0 saturated carbocycles. The van der Waals surface area contributed by atoms with Gasteiger partial charge < -0.3 is 9.15 Å². The molecule has 0 aliphatic heterocycles. The fraction of sp³-hybridized carbons (Fsp3) is 0.174. The highest BCUT2D eigenvalue weighted by atomic mass is 16.5. The van der Waals surface area contributed by atoms with Gasteiger partial charge in [0.1, 0.15) is 5.75 Å². The van der Waals surface area contributed by atoms with Gasteiger partial charge in [-0.3, -0.25) is 25.0 Å². The van der Waals surface area contributed by atoms with Crippen LogP contribution in [0.2, 0.25) is 0 Å². The first kappa shape index (κ1) is 20.2. The Morgan fingerprint density at radius 2 is 1.74 bits per heavy atom. The minimum Gasteiger partial charge on any atom is -0.481 e. The maximum Gasteiger partial charge on any atom is 0.419 e. The number of carbonyl (C=O) groups is 2. The van der Waals surface area contributed by atoms with E-state index < -0.39 is 23.7 Å². The topological polar surface area (TPSA) is 103 Å². The van der Waals surface area contributed by atoms with Crippen LogP contribution in [0.3, 0.4) is 0 Å². The zero-order chi connectivity index (χ0) is 21.8. The molecule has 158 valence electrons. The summed E-state index contributed by atoms with van der Waals surface area (Å²) in [7, 11) is 0. The number of oxazole rings is 1. The Hall–Kier alpha value is -4.07. The van der Waals surface area contributed by atoms with Gasteiger partial charge in [0.2, 0.25) is 5.91 Å². The van der Waals surface area contributed by atoms with Crippen molar-refractivity contribution in [3.05, 3.63) is 77.3 Å². The van der Waals surface area contributed by atoms with Crippen molar-refractivity contribution in [2.75, 3.05) is 0 Å². The zero-order valence-electron chi connectivity index (χ0n) is 16.8. The number of fused-ring (bicyclic) bond motifs is 2. The van der Waals surface area contributed by atoms with Crippen molar-refractivity contribution in [3.8, 4) is 5.75 Å². The second-order valence-corrected chi connectivity index (χ2v) is 7.04. The molecule has 3 aromatic carbocycles. The van der Waals surface area contributed by atoms with Crippen LogP contribution in [-0.4, -0.2) is 22.5 Å². The number of hydrazine groups is 1. The minimum atomic E-state index is -0.818. The molecule has 4 rings (SSSR count). The molecule has 0 spiro atoms. The number of nitrogens with zero attached hydrogens (tertiary/aromatic N) is 1. The summed E-state index contributed by atoms with van der Waals surface area (Å²) in [6.45, 7) is 1.72. The molecule has 1 unspecified atom stereocenters. The van der Waals surface area contributed by atoms with Gasteiger partial charge in [0, 0.05) is 13.0 Å². The summed E-state index contributed by atoms with van der Waals surface area (Å²) in [5.74, 6) is -0.912. The molecule has 8 nitrogen and oxygen atoms in total. The molecule has 1 aromatic heterocycles. The van der Waals surface area contributed by atoms with E-state index >= 15 is 0 Å². The van der Waals surface area contributed by atoms with E-state index in [0.717, 1.165) is 10.8 Å². The van der Waals surface area contributed by atoms with Gasteiger partial charge in [-0.2, -0.15) is 0 Å². The Morgan fingerprint density at radius 3 is 2.58 bits per heavy atom. The predicted molar refractivity (Wildman–Crippen MR) is 115 cm³/mol. The lowest BCUT2D eigenvalue weighted by Gasteiger charge is -2.15. The summed E-state index contributed by atoms with van der Waals surface area (Å²) in [6, 6.07) is 20.4. The van der Waals surface area contributed by atoms with E-state index in [0.29, 0.717) is 16.8 Å². The lowest BCUT2D eigenvalue weighted by Crippen LogP contribution is -2.47. The average molecular weight is 419 g/mol. The number of hydrogen-bond acceptors (Lipinski definition) is 5. The van der Waals surface area contributed by atoms with Gasteiger partial charge in [0.05, 0.1) is 5.52 Å². The van der Waals surface area contributed by atoms with Crippen LogP contribution in [0.1, 0.15) is 13.3 Å². The van der Waals surface area contributed by atoms with Crippen molar-refractivity contribution in [2.45, 2.75) is 26.0 Å². The van der Waals surface area contributed by atoms with E-state index in [1.54, 1.807) is 37.3 Å². The fourth-order valence-corrected chi connectivity index (χ4v) is 3.23. The monoisotopic (exact) mass is 419 g/mol. The van der Waals surface area contributed by atoms with Crippen LogP contribution < -0.4 is 21.3 Å². The van der Waals surface area contributed by atoms with E-state index in [2.05, 4.69) is 10.9 Å². The minimum absolute atomic E-state index is 0.0103. The summed E-state index contributed by atoms with van der Waals surface area (Å²) >= 11 is 0. The predicted octanol–water partition coefficient (Wildman–Crippen LogP) is 2.75. The lowest BCUT2D eigenvalue weighted by molar-refractivity contribution is -0.132. The number of aryl methyl sites for hydroxylation is 1. The smallest absolute Gasteiger partial charge is 0.419 e. The fourth-order valence-electron chi connectivity index (χ4n) is 3.23. The standard InChI is InChI=1S/C23H21N3O5/c1-15(30-18-11-10-16-6-2-3-7-17(16)14-18)22(28)25-24-21(27)12-13-26-19-8-4-5-9-20(19)31-23(26)29/h2-11,14-15H,12-13H2,1H3,(H,24,27)(H,25,28). The van der Waals surface area contributed by atoms with Gasteiger partial charge in [-0.25, -0.2) is 4.79 Å². The Labute approximate surface area is 177 Å². The Kier molecular flexibility index (Phi) is 5.70. The van der Waals surface area contributed by atoms with Gasteiger partial charge in [0.15, 0.2) is 11.7 Å². The Balaban J connectivity index is 1.28. The number of rotatable bonds is 6. The zero-order valence-corrected chi connectivity index (χ0v) is 16.8. The summed E-state index contributed by atoms with van der Waals surface area (Å²) in [4.78, 5) is 36.3. The van der Waals surface area contributed by atoms with Crippen molar-refractivity contribution in [2.24, 2.45) is 0 Å². The first-order valence-corrected chi connectivity index (χ1v) is 9.84. The van der Waals surface area contributed by atoms with Gasteiger partial charge in [-0.15, -0.1) is 0 Å². The molecule has 31 heavy (non-hydrogen) atoms. The SMILES string of the molecule is CC(Oc1ccc2ccccc2c1)C(=O)NNC(=O)CCn1c(=O)oc2ccccc21. The molecule has 0 radical (unpaired) electrons. The number of aromatic nitrogens is 1. The lowest BCUT2D eigenvalue weighted by atomic mass is 10.1. The second kappa shape index (κ2) is 8.74. The molecule has 8 heteroatoms. The van der Waals surface area contributed by atoms with Crippen LogP contribution in [-0.2, 0) is 16.1 Å². The molecule has 0 aliphatic rings. The Morgan fingerprint density at radius 1 is 1.00 bits per heavy atom. The van der Waals surface area contributed by atoms with Gasteiger partial charge in [-0.1, -0.05) is 42.5 Å². The maximum absolute atomic E-state index is 12.3. The van der Waals surface area contributed by atoms with E-state index in [-0.39, 0.29) is 13.0 Å². The van der Waals surface area contributed by atoms with Crippen LogP contribution in [0, 0.1) is 0 Å². The number of ether oxygens (including phenoxy) is 1. The molecular formula is C23H21N3O5. The van der Waals surface area contributed by atoms with Crippen molar-refractivity contribution in [1.82, 2.24) is 15.4 Å². The normalized spacial score (nSPS) is 11.9. The Bertz CT molecular complexity index is 1310. The summed E-state index contributed by atoms with van der Waals surface area (Å²) < 4.78 is 12.2. The summed E-state index contributed by atoms with van der Waals surface area (Å²) in [6.07, 6.45) is -0.828. The molecule has 0 aliphatic carbocycles. The molecule has 0 saturated heterocycles. The highest BCUT2D eigenvalue weighted by molar-refractivity contribution is 5.86. The molecular weight excluding hydrogens is 398 g/mol. The molecule has 2 N–H and O–H groups in total. The van der Waals surface area contributed by atoms with Crippen LogP contribution in [0.5, 0.6) is 5.75 Å². The maximum atomic E-state index is 12.3. The van der Waals surface area contributed by atoms with Crippen LogP contribution in [0.15, 0.2) is 75.9 Å². The average Bonchev–Trinajstić information content (AvgIpc) is 3.10. The first-order valence-electron chi connectivity index (χ1n) is 9.84. The van der Waals surface area contributed by atoms with Gasteiger partial charge >= 0.3 is 5.76 Å². The second-order valence-electron chi connectivity index (χ2n) is 7.04. The number of nitrogens with one attached hydrogen (secondary N) is 2. The van der Waals surface area contributed by atoms with E-state index in [1.165, 1.54) is 4.57 Å². The van der Waals surface area contributed by atoms with E-state index in [1.807, 2.05) is 36.4 Å². The van der Waals surface area contributed by atoms with Crippen molar-refractivity contribution >= 4 is 33.7 Å². The molecule has 4 aromatic rings. The van der Waals surface area contributed by atoms with E-state index in [4.69, 9.17) is 9.15 Å². The highest BCUT2D eigenvalue weighted by Crippen LogP contribution is 2.21. The van der Waals surface area contributed by atoms with Crippen LogP contribution in [0.4, 0.5) is 0 Å². The molecule has 0 bridgehead atoms. The van der Waals surface area contributed by atoms with Gasteiger partial charge in [-0.05, 0) is 42.0 Å². The van der Waals surface area contributed by atoms with Crippen LogP contribution >= 0.6 is 0 Å². The molecule has 1 atom stereocenters. The molecule has 1 heterocycles. The van der Waals surface area contributed by atoms with E-state index in [9.17, 15) is 14.4 Å². The number of amides is 2. The third-order valence-corrected chi connectivity index (χ3v) is 4.86. The third kappa shape index (κ3) is 4.58. The number of hydrogen-bond donors (Lipinski definition) is 2. The largest absolute Gasteiger partial charge is 0.481 e. The number of para-hydroxylation sites is 2. The molecule has 2 amide bonds. The van der Waals surface area contributed by atoms with Crippen molar-refractivity contribution < 1.29 is 18.7 Å².